The summed E-state index contributed by atoms with van der Waals surface area (Å²) in [5, 5.41) is 0. The van der Waals surface area contributed by atoms with Gasteiger partial charge in [-0.05, 0) is 24.0 Å². The third-order valence-corrected chi connectivity index (χ3v) is 5.47. The SMILES string of the molecule is CCC(Cl)(C(=O)C(Cl)(CC)c1ccccc1)c1ccccc1. The minimum Gasteiger partial charge on any atom is -0.295 e. The van der Waals surface area contributed by atoms with Gasteiger partial charge in [-0.2, -0.15) is 0 Å². The van der Waals surface area contributed by atoms with Crippen molar-refractivity contribution in [1.82, 2.24) is 0 Å². The van der Waals surface area contributed by atoms with Gasteiger partial charge in [0.2, 0.25) is 0 Å². The minimum absolute atomic E-state index is 0.161. The van der Waals surface area contributed by atoms with Crippen LogP contribution in [0.1, 0.15) is 37.8 Å². The van der Waals surface area contributed by atoms with Crippen molar-refractivity contribution < 1.29 is 4.79 Å². The van der Waals surface area contributed by atoms with Gasteiger partial charge in [0.15, 0.2) is 5.78 Å². The first-order chi connectivity index (χ1) is 10.5. The molecule has 0 aliphatic heterocycles. The summed E-state index contributed by atoms with van der Waals surface area (Å²) in [6.07, 6.45) is 0.970. The van der Waals surface area contributed by atoms with Gasteiger partial charge in [0.1, 0.15) is 9.75 Å². The zero-order valence-electron chi connectivity index (χ0n) is 12.9. The van der Waals surface area contributed by atoms with Crippen molar-refractivity contribution in [1.29, 1.82) is 0 Å². The number of carbonyl (C=O) groups is 1. The quantitative estimate of drug-likeness (QED) is 0.624. The molecule has 0 heterocycles. The highest BCUT2D eigenvalue weighted by Gasteiger charge is 2.48. The molecule has 0 amide bonds. The lowest BCUT2D eigenvalue weighted by Gasteiger charge is -2.34. The smallest absolute Gasteiger partial charge is 0.183 e. The average Bonchev–Trinajstić information content (AvgIpc) is 2.61. The average molecular weight is 335 g/mol. The van der Waals surface area contributed by atoms with Crippen LogP contribution >= 0.6 is 23.2 Å². The Kier molecular flexibility index (Phi) is 5.31. The number of alkyl halides is 2. The Balaban J connectivity index is 2.51. The first kappa shape index (κ1) is 17.1. The van der Waals surface area contributed by atoms with Crippen LogP contribution in [0.4, 0.5) is 0 Å². The first-order valence-corrected chi connectivity index (χ1v) is 8.28. The van der Waals surface area contributed by atoms with Crippen molar-refractivity contribution in [3.63, 3.8) is 0 Å². The van der Waals surface area contributed by atoms with Gasteiger partial charge in [0.25, 0.3) is 0 Å². The molecule has 2 aromatic carbocycles. The molecule has 22 heavy (non-hydrogen) atoms. The Hall–Kier alpha value is -1.31. The maximum Gasteiger partial charge on any atom is 0.183 e. The van der Waals surface area contributed by atoms with Gasteiger partial charge >= 0.3 is 0 Å². The predicted octanol–water partition coefficient (Wildman–Crippen LogP) is 5.64. The Bertz CT molecular complexity index is 571. The molecule has 0 aromatic heterocycles. The van der Waals surface area contributed by atoms with Crippen LogP contribution in [0.2, 0.25) is 0 Å². The largest absolute Gasteiger partial charge is 0.295 e. The van der Waals surface area contributed by atoms with Crippen molar-refractivity contribution in [3.05, 3.63) is 71.8 Å². The van der Waals surface area contributed by atoms with E-state index < -0.39 is 9.75 Å². The molecule has 3 heteroatoms. The first-order valence-electron chi connectivity index (χ1n) is 7.52. The summed E-state index contributed by atoms with van der Waals surface area (Å²) >= 11 is 13.6. The lowest BCUT2D eigenvalue weighted by Crippen LogP contribution is -2.42. The summed E-state index contributed by atoms with van der Waals surface area (Å²) in [4.78, 5) is 11.1. The van der Waals surface area contributed by atoms with E-state index in [1.807, 2.05) is 74.5 Å². The van der Waals surface area contributed by atoms with Gasteiger partial charge in [-0.1, -0.05) is 74.5 Å². The van der Waals surface area contributed by atoms with Gasteiger partial charge < -0.3 is 0 Å². The molecule has 0 saturated carbocycles. The lowest BCUT2D eigenvalue weighted by atomic mass is 9.79. The molecule has 2 atom stereocenters. The van der Waals surface area contributed by atoms with Crippen molar-refractivity contribution >= 4 is 29.0 Å². The van der Waals surface area contributed by atoms with E-state index in [9.17, 15) is 4.79 Å². The zero-order chi connectivity index (χ0) is 16.2. The molecule has 0 aliphatic carbocycles. The Morgan fingerprint density at radius 3 is 1.36 bits per heavy atom. The summed E-state index contributed by atoms with van der Waals surface area (Å²) in [6.45, 7) is 3.83. The van der Waals surface area contributed by atoms with E-state index >= 15 is 0 Å². The lowest BCUT2D eigenvalue weighted by molar-refractivity contribution is -0.125. The fraction of sp³-hybridized carbons (Fsp3) is 0.316. The van der Waals surface area contributed by atoms with Crippen molar-refractivity contribution in [2.75, 3.05) is 0 Å². The topological polar surface area (TPSA) is 17.1 Å². The van der Waals surface area contributed by atoms with Gasteiger partial charge in [0.05, 0.1) is 0 Å². The van der Waals surface area contributed by atoms with Crippen molar-refractivity contribution in [2.45, 2.75) is 36.4 Å². The Labute approximate surface area is 142 Å². The molecule has 0 aliphatic rings. The van der Waals surface area contributed by atoms with Crippen LogP contribution in [0.5, 0.6) is 0 Å². The molecule has 0 bridgehead atoms. The van der Waals surface area contributed by atoms with Crippen LogP contribution in [0.15, 0.2) is 60.7 Å². The second-order valence-corrected chi connectivity index (χ2v) is 6.66. The standard InChI is InChI=1S/C19H20Cl2O/c1-3-18(20,15-11-7-5-8-12-15)17(22)19(21,4-2)16-13-9-6-10-14-16/h5-14H,3-4H2,1-2H3. The van der Waals surface area contributed by atoms with Crippen LogP contribution in [-0.2, 0) is 14.5 Å². The minimum atomic E-state index is -1.12. The van der Waals surface area contributed by atoms with Gasteiger partial charge in [-0.25, -0.2) is 0 Å². The molecule has 2 rings (SSSR count). The van der Waals surface area contributed by atoms with E-state index in [2.05, 4.69) is 0 Å². The molecular weight excluding hydrogens is 315 g/mol. The normalized spacial score (nSPS) is 16.5. The van der Waals surface area contributed by atoms with Gasteiger partial charge in [-0.3, -0.25) is 4.79 Å². The van der Waals surface area contributed by atoms with Gasteiger partial charge in [-0.15, -0.1) is 23.2 Å². The van der Waals surface area contributed by atoms with E-state index in [4.69, 9.17) is 23.2 Å². The highest BCUT2D eigenvalue weighted by Crippen LogP contribution is 2.45. The summed E-state index contributed by atoms with van der Waals surface area (Å²) in [5.41, 5.74) is 1.58. The fourth-order valence-corrected chi connectivity index (χ4v) is 3.33. The highest BCUT2D eigenvalue weighted by molar-refractivity contribution is 6.44. The van der Waals surface area contributed by atoms with E-state index in [0.717, 1.165) is 11.1 Å². The predicted molar refractivity (Wildman–Crippen MR) is 93.5 cm³/mol. The highest BCUT2D eigenvalue weighted by atomic mass is 35.5. The van der Waals surface area contributed by atoms with E-state index in [-0.39, 0.29) is 5.78 Å². The van der Waals surface area contributed by atoms with E-state index in [1.54, 1.807) is 0 Å². The molecule has 0 radical (unpaired) electrons. The summed E-state index contributed by atoms with van der Waals surface area (Å²) < 4.78 is 0. The maximum absolute atomic E-state index is 13.3. The van der Waals surface area contributed by atoms with Crippen LogP contribution in [0.25, 0.3) is 0 Å². The summed E-state index contributed by atoms with van der Waals surface area (Å²) in [6, 6.07) is 18.9. The monoisotopic (exact) mass is 334 g/mol. The molecule has 2 aromatic rings. The second kappa shape index (κ2) is 6.85. The number of rotatable bonds is 6. The Morgan fingerprint density at radius 1 is 0.773 bits per heavy atom. The molecule has 0 saturated heterocycles. The number of Topliss-reactive ketones (excluding diaryl/α,β-unsaturated/α-hetero) is 1. The molecule has 0 fully saturated rings. The fourth-order valence-electron chi connectivity index (χ4n) is 2.71. The molecule has 2 unspecified atom stereocenters. The Morgan fingerprint density at radius 2 is 1.09 bits per heavy atom. The van der Waals surface area contributed by atoms with Crippen LogP contribution < -0.4 is 0 Å². The third-order valence-electron chi connectivity index (χ3n) is 4.16. The van der Waals surface area contributed by atoms with Gasteiger partial charge in [0, 0.05) is 0 Å². The summed E-state index contributed by atoms with van der Waals surface area (Å²) in [7, 11) is 0. The number of halogens is 2. The van der Waals surface area contributed by atoms with Crippen LogP contribution in [0.3, 0.4) is 0 Å². The van der Waals surface area contributed by atoms with Crippen LogP contribution in [0, 0.1) is 0 Å². The third kappa shape index (κ3) is 2.93. The van der Waals surface area contributed by atoms with Crippen molar-refractivity contribution in [3.8, 4) is 0 Å². The van der Waals surface area contributed by atoms with Crippen LogP contribution in [-0.4, -0.2) is 5.78 Å². The molecule has 0 spiro atoms. The number of ketones is 1. The molecule has 1 nitrogen and oxygen atoms in total. The molecule has 0 N–H and O–H groups in total. The number of carbonyl (C=O) groups excluding carboxylic acids is 1. The summed E-state index contributed by atoms with van der Waals surface area (Å²) in [5.74, 6) is -0.161. The number of hydrogen-bond donors (Lipinski definition) is 0. The number of benzene rings is 2. The molecule has 116 valence electrons. The zero-order valence-corrected chi connectivity index (χ0v) is 14.4. The second-order valence-electron chi connectivity index (χ2n) is 5.37. The maximum atomic E-state index is 13.3. The van der Waals surface area contributed by atoms with Crippen molar-refractivity contribution in [2.24, 2.45) is 0 Å². The number of hydrogen-bond acceptors (Lipinski definition) is 1. The molecular formula is C19H20Cl2O. The van der Waals surface area contributed by atoms with E-state index in [1.165, 1.54) is 0 Å². The van der Waals surface area contributed by atoms with E-state index in [0.29, 0.717) is 12.8 Å².